The average molecular weight is 435 g/mol. The minimum atomic E-state index is -4.42. The van der Waals surface area contributed by atoms with Gasteiger partial charge in [0.2, 0.25) is 0 Å². The molecular weight excluding hydrogens is 411 g/mol. The van der Waals surface area contributed by atoms with Gasteiger partial charge in [-0.1, -0.05) is 18.2 Å². The van der Waals surface area contributed by atoms with E-state index in [0.29, 0.717) is 38.3 Å². The van der Waals surface area contributed by atoms with Crippen molar-refractivity contribution in [1.29, 1.82) is 0 Å². The highest BCUT2D eigenvalue weighted by molar-refractivity contribution is 5.95. The molecule has 9 heteroatoms. The number of likely N-dealkylation sites (N-methyl/N-ethyl adjacent to an activating group) is 1. The molecule has 2 aromatic rings. The van der Waals surface area contributed by atoms with Gasteiger partial charge in [-0.25, -0.2) is 4.98 Å². The number of alkyl halides is 3. The Balaban J connectivity index is 1.48. The third kappa shape index (κ3) is 5.74. The Morgan fingerprint density at radius 1 is 1.13 bits per heavy atom. The Hall–Kier alpha value is -3.10. The van der Waals surface area contributed by atoms with E-state index in [1.807, 2.05) is 42.2 Å². The number of pyridine rings is 1. The van der Waals surface area contributed by atoms with Crippen LogP contribution in [0.3, 0.4) is 0 Å². The van der Waals surface area contributed by atoms with Crippen LogP contribution in [-0.4, -0.2) is 43.1 Å². The van der Waals surface area contributed by atoms with Crippen LogP contribution < -0.4 is 9.80 Å². The predicted octanol–water partition coefficient (Wildman–Crippen LogP) is 3.91. The lowest BCUT2D eigenvalue weighted by Gasteiger charge is -2.32. The second-order valence-corrected chi connectivity index (χ2v) is 7.25. The Bertz CT molecular complexity index is 880. The lowest BCUT2D eigenvalue weighted by Crippen LogP contribution is -2.39. The Morgan fingerprint density at radius 3 is 2.35 bits per heavy atom. The molecule has 1 aromatic heterocycles. The molecule has 6 nitrogen and oxygen atoms in total. The number of piperidine rings is 1. The second kappa shape index (κ2) is 9.80. The molecule has 0 bridgehead atoms. The van der Waals surface area contributed by atoms with E-state index in [1.165, 1.54) is 6.07 Å². The van der Waals surface area contributed by atoms with Crippen LogP contribution in [0.1, 0.15) is 25.3 Å². The highest BCUT2D eigenvalue weighted by Gasteiger charge is 2.32. The lowest BCUT2D eigenvalue weighted by atomic mass is 9.97. The molecule has 0 atom stereocenters. The van der Waals surface area contributed by atoms with Crippen LogP contribution in [0.25, 0.3) is 0 Å². The number of anilines is 2. The number of hydrogen-bond acceptors (Lipinski definition) is 5. The number of halogens is 3. The number of nitrogens with zero attached hydrogens (tertiary/aromatic N) is 3. The third-order valence-corrected chi connectivity index (χ3v) is 5.25. The number of hydrogen-bond donors (Lipinski definition) is 0. The van der Waals surface area contributed by atoms with Crippen LogP contribution in [0.2, 0.25) is 0 Å². The number of para-hydroxylation sites is 1. The highest BCUT2D eigenvalue weighted by Crippen LogP contribution is 2.30. The van der Waals surface area contributed by atoms with Crippen molar-refractivity contribution in [1.82, 2.24) is 4.98 Å². The maximum atomic E-state index is 12.7. The topological polar surface area (TPSA) is 62.7 Å². The summed E-state index contributed by atoms with van der Waals surface area (Å²) in [5.74, 6) is -0.646. The van der Waals surface area contributed by atoms with Crippen LogP contribution in [-0.2, 0) is 20.5 Å². The molecule has 0 spiro atoms. The molecular formula is C22H24F3N3O3. The quantitative estimate of drug-likeness (QED) is 0.644. The minimum absolute atomic E-state index is 0.298. The molecule has 1 saturated heterocycles. The van der Waals surface area contributed by atoms with Gasteiger partial charge in [-0.3, -0.25) is 9.59 Å². The van der Waals surface area contributed by atoms with E-state index in [-0.39, 0.29) is 18.4 Å². The van der Waals surface area contributed by atoms with Crippen molar-refractivity contribution in [2.75, 3.05) is 36.0 Å². The Morgan fingerprint density at radius 2 is 1.81 bits per heavy atom. The normalized spacial score (nSPS) is 14.9. The summed E-state index contributed by atoms with van der Waals surface area (Å²) in [5.41, 5.74) is -0.0561. The molecule has 0 radical (unpaired) electrons. The van der Waals surface area contributed by atoms with E-state index < -0.39 is 17.7 Å². The summed E-state index contributed by atoms with van der Waals surface area (Å²) in [6.45, 7) is 2.91. The SMILES string of the molecule is CCN(C(=O)COC(=O)C1CCN(c2ccc(C(F)(F)F)cn2)CC1)c1ccccc1. The average Bonchev–Trinajstić information content (AvgIpc) is 2.78. The number of rotatable bonds is 6. The number of carbonyl (C=O) groups is 2. The van der Waals surface area contributed by atoms with Crippen LogP contribution >= 0.6 is 0 Å². The maximum absolute atomic E-state index is 12.7. The van der Waals surface area contributed by atoms with Crippen LogP contribution in [0.4, 0.5) is 24.7 Å². The van der Waals surface area contributed by atoms with E-state index in [9.17, 15) is 22.8 Å². The van der Waals surface area contributed by atoms with E-state index in [2.05, 4.69) is 4.98 Å². The summed E-state index contributed by atoms with van der Waals surface area (Å²) in [7, 11) is 0. The Kier molecular flexibility index (Phi) is 7.14. The third-order valence-electron chi connectivity index (χ3n) is 5.25. The van der Waals surface area contributed by atoms with Gasteiger partial charge in [0, 0.05) is 31.5 Å². The zero-order valence-electron chi connectivity index (χ0n) is 17.1. The molecule has 31 heavy (non-hydrogen) atoms. The number of aromatic nitrogens is 1. The van der Waals surface area contributed by atoms with Gasteiger partial charge in [0.25, 0.3) is 5.91 Å². The van der Waals surface area contributed by atoms with Crippen LogP contribution in [0.5, 0.6) is 0 Å². The largest absolute Gasteiger partial charge is 0.455 e. The van der Waals surface area contributed by atoms with Crippen molar-refractivity contribution in [3.63, 3.8) is 0 Å². The van der Waals surface area contributed by atoms with E-state index in [4.69, 9.17) is 4.74 Å². The lowest BCUT2D eigenvalue weighted by molar-refractivity contribution is -0.152. The molecule has 1 aliphatic heterocycles. The Labute approximate surface area is 178 Å². The van der Waals surface area contributed by atoms with Crippen molar-refractivity contribution in [3.05, 3.63) is 54.2 Å². The number of esters is 1. The summed E-state index contributed by atoms with van der Waals surface area (Å²) in [6, 6.07) is 11.5. The van der Waals surface area contributed by atoms with Crippen molar-refractivity contribution in [2.24, 2.45) is 5.92 Å². The number of amides is 1. The summed E-state index contributed by atoms with van der Waals surface area (Å²) in [6.07, 6.45) is -2.65. The molecule has 1 aliphatic rings. The molecule has 2 heterocycles. The molecule has 0 N–H and O–H groups in total. The maximum Gasteiger partial charge on any atom is 0.417 e. The standard InChI is InChI=1S/C22H24F3N3O3/c1-2-28(18-6-4-3-5-7-18)20(29)15-31-21(30)16-10-12-27(13-11-16)19-9-8-17(14-26-19)22(23,24)25/h3-9,14,16H,2,10-13,15H2,1H3. The molecule has 3 rings (SSSR count). The molecule has 1 amide bonds. The molecule has 166 valence electrons. The fourth-order valence-corrected chi connectivity index (χ4v) is 3.52. The molecule has 0 saturated carbocycles. The van der Waals surface area contributed by atoms with Gasteiger partial charge in [-0.15, -0.1) is 0 Å². The second-order valence-electron chi connectivity index (χ2n) is 7.25. The van der Waals surface area contributed by atoms with Crippen molar-refractivity contribution < 1.29 is 27.5 Å². The van der Waals surface area contributed by atoms with Gasteiger partial charge in [0.15, 0.2) is 6.61 Å². The zero-order valence-corrected chi connectivity index (χ0v) is 17.1. The molecule has 0 unspecified atom stereocenters. The number of ether oxygens (including phenoxy) is 1. The highest BCUT2D eigenvalue weighted by atomic mass is 19.4. The monoisotopic (exact) mass is 435 g/mol. The first-order chi connectivity index (χ1) is 14.8. The van der Waals surface area contributed by atoms with Gasteiger partial charge in [0.1, 0.15) is 5.82 Å². The molecule has 1 aromatic carbocycles. The summed E-state index contributed by atoms with van der Waals surface area (Å²) >= 11 is 0. The van der Waals surface area contributed by atoms with Crippen molar-refractivity contribution in [2.45, 2.75) is 25.9 Å². The van der Waals surface area contributed by atoms with Gasteiger partial charge in [0.05, 0.1) is 11.5 Å². The summed E-state index contributed by atoms with van der Waals surface area (Å²) < 4.78 is 43.3. The van der Waals surface area contributed by atoms with Crippen molar-refractivity contribution in [3.8, 4) is 0 Å². The van der Waals surface area contributed by atoms with Crippen LogP contribution in [0, 0.1) is 5.92 Å². The fraction of sp³-hybridized carbons (Fsp3) is 0.409. The first kappa shape index (κ1) is 22.6. The summed E-state index contributed by atoms with van der Waals surface area (Å²) in [5, 5.41) is 0. The molecule has 1 fully saturated rings. The number of benzene rings is 1. The smallest absolute Gasteiger partial charge is 0.417 e. The van der Waals surface area contributed by atoms with Crippen LogP contribution in [0.15, 0.2) is 48.7 Å². The van der Waals surface area contributed by atoms with E-state index >= 15 is 0 Å². The fourth-order valence-electron chi connectivity index (χ4n) is 3.52. The first-order valence-electron chi connectivity index (χ1n) is 10.1. The van der Waals surface area contributed by atoms with Gasteiger partial charge in [-0.05, 0) is 44.0 Å². The van der Waals surface area contributed by atoms with Gasteiger partial charge in [-0.2, -0.15) is 13.2 Å². The predicted molar refractivity (Wildman–Crippen MR) is 110 cm³/mol. The zero-order chi connectivity index (χ0) is 22.4. The minimum Gasteiger partial charge on any atom is -0.455 e. The van der Waals surface area contributed by atoms with Crippen molar-refractivity contribution >= 4 is 23.4 Å². The molecule has 0 aliphatic carbocycles. The van der Waals surface area contributed by atoms with Gasteiger partial charge < -0.3 is 14.5 Å². The first-order valence-corrected chi connectivity index (χ1v) is 10.1. The van der Waals surface area contributed by atoms with E-state index in [0.717, 1.165) is 18.0 Å². The van der Waals surface area contributed by atoms with E-state index in [1.54, 1.807) is 4.90 Å². The summed E-state index contributed by atoms with van der Waals surface area (Å²) in [4.78, 5) is 32.1. The number of carbonyl (C=O) groups excluding carboxylic acids is 2. The van der Waals surface area contributed by atoms with Gasteiger partial charge >= 0.3 is 12.1 Å².